The summed E-state index contributed by atoms with van der Waals surface area (Å²) >= 11 is 2.43. The number of thiophene rings is 2. The molecule has 2 aromatic rings. The number of esters is 1. The summed E-state index contributed by atoms with van der Waals surface area (Å²) in [5.74, 6) is -1.40. The zero-order chi connectivity index (χ0) is 11.0. The van der Waals surface area contributed by atoms with E-state index in [0.717, 1.165) is 16.0 Å². The van der Waals surface area contributed by atoms with E-state index in [1.54, 1.807) is 11.4 Å². The number of carbonyl (C=O) groups excluding carboxylic acids is 1. The van der Waals surface area contributed by atoms with Crippen molar-refractivity contribution in [3.8, 4) is 0 Å². The van der Waals surface area contributed by atoms with Crippen LogP contribution < -0.4 is 0 Å². The van der Waals surface area contributed by atoms with Crippen LogP contribution in [0.5, 0.6) is 0 Å². The molecule has 4 nitrogen and oxygen atoms in total. The van der Waals surface area contributed by atoms with Crippen molar-refractivity contribution in [3.05, 3.63) is 21.9 Å². The van der Waals surface area contributed by atoms with E-state index in [2.05, 4.69) is 4.74 Å². The minimum absolute atomic E-state index is 0.238. The number of carboxylic acids is 1. The fraction of sp³-hybridized carbons (Fsp3) is 0.111. The summed E-state index contributed by atoms with van der Waals surface area (Å²) in [5, 5.41) is 10.5. The molecule has 0 spiro atoms. The van der Waals surface area contributed by atoms with Gasteiger partial charge in [-0.25, -0.2) is 9.59 Å². The van der Waals surface area contributed by atoms with Crippen molar-refractivity contribution in [3.63, 3.8) is 0 Å². The van der Waals surface area contributed by atoms with Gasteiger partial charge in [0, 0.05) is 10.1 Å². The van der Waals surface area contributed by atoms with Crippen LogP contribution in [0.25, 0.3) is 9.40 Å². The van der Waals surface area contributed by atoms with Gasteiger partial charge in [-0.1, -0.05) is 0 Å². The van der Waals surface area contributed by atoms with Crippen molar-refractivity contribution in [2.45, 2.75) is 0 Å². The van der Waals surface area contributed by atoms with E-state index in [4.69, 9.17) is 5.11 Å². The number of methoxy groups -OCH3 is 1. The molecule has 15 heavy (non-hydrogen) atoms. The Morgan fingerprint density at radius 2 is 2.20 bits per heavy atom. The quantitative estimate of drug-likeness (QED) is 0.821. The molecule has 0 saturated heterocycles. The van der Waals surface area contributed by atoms with Crippen molar-refractivity contribution < 1.29 is 19.4 Å². The summed E-state index contributed by atoms with van der Waals surface area (Å²) in [6.07, 6.45) is 0. The van der Waals surface area contributed by atoms with Gasteiger partial charge in [0.2, 0.25) is 0 Å². The molecule has 0 aromatic carbocycles. The molecule has 0 unspecified atom stereocenters. The Morgan fingerprint density at radius 3 is 2.80 bits per heavy atom. The first kappa shape index (κ1) is 10.1. The molecule has 2 rings (SSSR count). The monoisotopic (exact) mass is 242 g/mol. The lowest BCUT2D eigenvalue weighted by molar-refractivity contribution is 0.0602. The molecule has 0 saturated carbocycles. The SMILES string of the molecule is COC(=O)c1csc2cc(C(=O)O)sc12. The molecule has 1 N–H and O–H groups in total. The van der Waals surface area contributed by atoms with Crippen molar-refractivity contribution in [1.29, 1.82) is 0 Å². The topological polar surface area (TPSA) is 63.6 Å². The van der Waals surface area contributed by atoms with Crippen LogP contribution >= 0.6 is 22.7 Å². The summed E-state index contributed by atoms with van der Waals surface area (Å²) < 4.78 is 6.09. The Kier molecular flexibility index (Phi) is 2.45. The average Bonchev–Trinajstić information content (AvgIpc) is 2.74. The van der Waals surface area contributed by atoms with Gasteiger partial charge in [0.1, 0.15) is 4.88 Å². The molecule has 2 aromatic heterocycles. The van der Waals surface area contributed by atoms with Gasteiger partial charge in [-0.05, 0) is 6.07 Å². The molecule has 0 bridgehead atoms. The van der Waals surface area contributed by atoms with E-state index in [9.17, 15) is 9.59 Å². The first-order valence-corrected chi connectivity index (χ1v) is 5.65. The maximum atomic E-state index is 11.3. The first-order chi connectivity index (χ1) is 7.13. The fourth-order valence-corrected chi connectivity index (χ4v) is 3.36. The van der Waals surface area contributed by atoms with Crippen molar-refractivity contribution >= 4 is 44.0 Å². The largest absolute Gasteiger partial charge is 0.477 e. The van der Waals surface area contributed by atoms with Gasteiger partial charge in [-0.15, -0.1) is 22.7 Å². The van der Waals surface area contributed by atoms with Crippen LogP contribution in [0.15, 0.2) is 11.4 Å². The first-order valence-electron chi connectivity index (χ1n) is 3.96. The van der Waals surface area contributed by atoms with Gasteiger partial charge in [-0.3, -0.25) is 0 Å². The van der Waals surface area contributed by atoms with Crippen LogP contribution in [0.4, 0.5) is 0 Å². The molecule has 78 valence electrons. The van der Waals surface area contributed by atoms with Crippen molar-refractivity contribution in [2.75, 3.05) is 7.11 Å². The Morgan fingerprint density at radius 1 is 1.47 bits per heavy atom. The number of ether oxygens (including phenoxy) is 1. The maximum Gasteiger partial charge on any atom is 0.345 e. The number of fused-ring (bicyclic) bond motifs is 1. The minimum atomic E-state index is -0.973. The Bertz CT molecular complexity index is 537. The molecule has 0 aliphatic carbocycles. The Labute approximate surface area is 92.7 Å². The molecular weight excluding hydrogens is 236 g/mol. The number of aromatic carboxylic acids is 1. The van der Waals surface area contributed by atoms with Gasteiger partial charge in [0.05, 0.1) is 17.4 Å². The number of carbonyl (C=O) groups is 2. The van der Waals surface area contributed by atoms with E-state index >= 15 is 0 Å². The van der Waals surface area contributed by atoms with Crippen LogP contribution in [-0.2, 0) is 4.74 Å². The van der Waals surface area contributed by atoms with E-state index in [1.807, 2.05) is 0 Å². The highest BCUT2D eigenvalue weighted by Gasteiger charge is 2.17. The molecule has 0 amide bonds. The van der Waals surface area contributed by atoms with Crippen LogP contribution in [0.1, 0.15) is 20.0 Å². The Hall–Kier alpha value is -1.40. The van der Waals surface area contributed by atoms with Crippen LogP contribution in [0, 0.1) is 0 Å². The minimum Gasteiger partial charge on any atom is -0.477 e. The van der Waals surface area contributed by atoms with E-state index in [0.29, 0.717) is 10.3 Å². The standard InChI is InChI=1S/C9H6O4S2/c1-13-9(12)4-3-14-5-2-6(8(10)11)15-7(4)5/h2-3H,1H3,(H,10,11). The predicted molar refractivity (Wildman–Crippen MR) is 58.0 cm³/mol. The molecule has 6 heteroatoms. The average molecular weight is 242 g/mol. The van der Waals surface area contributed by atoms with Crippen molar-refractivity contribution in [1.82, 2.24) is 0 Å². The van der Waals surface area contributed by atoms with E-state index in [1.165, 1.54) is 18.4 Å². The second-order valence-electron chi connectivity index (χ2n) is 2.75. The van der Waals surface area contributed by atoms with Gasteiger partial charge >= 0.3 is 11.9 Å². The summed E-state index contributed by atoms with van der Waals surface area (Å²) in [6, 6.07) is 1.57. The summed E-state index contributed by atoms with van der Waals surface area (Å²) in [7, 11) is 1.30. The van der Waals surface area contributed by atoms with Crippen LogP contribution in [-0.4, -0.2) is 24.2 Å². The normalized spacial score (nSPS) is 10.5. The predicted octanol–water partition coefficient (Wildman–Crippen LogP) is 2.45. The Balaban J connectivity index is 2.58. The molecular formula is C9H6O4S2. The van der Waals surface area contributed by atoms with E-state index < -0.39 is 11.9 Å². The third-order valence-corrected chi connectivity index (χ3v) is 4.08. The van der Waals surface area contributed by atoms with Gasteiger partial charge in [-0.2, -0.15) is 0 Å². The molecule has 0 aliphatic heterocycles. The zero-order valence-electron chi connectivity index (χ0n) is 7.64. The maximum absolute atomic E-state index is 11.3. The summed E-state index contributed by atoms with van der Waals surface area (Å²) in [6.45, 7) is 0. The lowest BCUT2D eigenvalue weighted by atomic mass is 10.3. The van der Waals surface area contributed by atoms with Gasteiger partial charge in [0.15, 0.2) is 0 Å². The number of carboxylic acid groups (broad SMARTS) is 1. The number of hydrogen-bond donors (Lipinski definition) is 1. The molecule has 0 radical (unpaired) electrons. The highest BCUT2D eigenvalue weighted by Crippen LogP contribution is 2.34. The highest BCUT2D eigenvalue weighted by atomic mass is 32.1. The second kappa shape index (κ2) is 3.63. The molecule has 2 heterocycles. The molecule has 0 fully saturated rings. The van der Waals surface area contributed by atoms with Crippen LogP contribution in [0.3, 0.4) is 0 Å². The van der Waals surface area contributed by atoms with Gasteiger partial charge in [0.25, 0.3) is 0 Å². The molecule has 0 aliphatic rings. The fourth-order valence-electron chi connectivity index (χ4n) is 1.18. The summed E-state index contributed by atoms with van der Waals surface area (Å²) in [4.78, 5) is 22.3. The highest BCUT2D eigenvalue weighted by molar-refractivity contribution is 7.28. The van der Waals surface area contributed by atoms with Gasteiger partial charge < -0.3 is 9.84 Å². The van der Waals surface area contributed by atoms with Crippen molar-refractivity contribution in [2.24, 2.45) is 0 Å². The number of hydrogen-bond acceptors (Lipinski definition) is 5. The third-order valence-electron chi connectivity index (χ3n) is 1.86. The number of rotatable bonds is 2. The smallest absolute Gasteiger partial charge is 0.345 e. The lowest BCUT2D eigenvalue weighted by Gasteiger charge is -1.93. The zero-order valence-corrected chi connectivity index (χ0v) is 9.28. The molecule has 0 atom stereocenters. The third kappa shape index (κ3) is 1.62. The second-order valence-corrected chi connectivity index (χ2v) is 4.71. The lowest BCUT2D eigenvalue weighted by Crippen LogP contribution is -1.98. The summed E-state index contributed by atoms with van der Waals surface area (Å²) in [5.41, 5.74) is 0.440. The van der Waals surface area contributed by atoms with Crippen LogP contribution in [0.2, 0.25) is 0 Å². The van der Waals surface area contributed by atoms with E-state index in [-0.39, 0.29) is 4.88 Å².